The van der Waals surface area contributed by atoms with E-state index in [0.717, 1.165) is 10.1 Å². The lowest BCUT2D eigenvalue weighted by atomic mass is 10.2. The lowest BCUT2D eigenvalue weighted by Gasteiger charge is -2.18. The normalized spacial score (nSPS) is 13.5. The monoisotopic (exact) mass is 391 g/mol. The van der Waals surface area contributed by atoms with Gasteiger partial charge in [0.1, 0.15) is 19.8 Å². The van der Waals surface area contributed by atoms with Crippen molar-refractivity contribution in [3.63, 3.8) is 0 Å². The number of benzene rings is 2. The van der Waals surface area contributed by atoms with Crippen molar-refractivity contribution in [1.29, 1.82) is 0 Å². The van der Waals surface area contributed by atoms with Crippen molar-refractivity contribution < 1.29 is 27.4 Å². The maximum atomic E-state index is 13.5. The van der Waals surface area contributed by atoms with Crippen molar-refractivity contribution >= 4 is 16.9 Å². The van der Waals surface area contributed by atoms with Crippen molar-refractivity contribution in [1.82, 2.24) is 14.9 Å². The van der Waals surface area contributed by atoms with Crippen LogP contribution in [0.4, 0.5) is 13.2 Å². The van der Waals surface area contributed by atoms with E-state index in [9.17, 15) is 18.0 Å². The summed E-state index contributed by atoms with van der Waals surface area (Å²) in [6.45, 7) is 0.321. The Hall–Kier alpha value is -3.23. The van der Waals surface area contributed by atoms with E-state index in [-0.39, 0.29) is 17.6 Å². The molecule has 0 bridgehead atoms. The molecule has 4 rings (SSSR count). The Kier molecular flexibility index (Phi) is 4.58. The number of fused-ring (bicyclic) bond motifs is 2. The molecule has 0 radical (unpaired) electrons. The SMILES string of the molecule is O=C(Cn1c(C(F)(F)F)nc2cc3c(cc21)OCCO3)NCc1ccccc1. The molecule has 28 heavy (non-hydrogen) atoms. The van der Waals surface area contributed by atoms with Crippen molar-refractivity contribution in [2.75, 3.05) is 13.2 Å². The van der Waals surface area contributed by atoms with E-state index < -0.39 is 24.5 Å². The zero-order chi connectivity index (χ0) is 19.7. The van der Waals surface area contributed by atoms with Crippen molar-refractivity contribution in [3.8, 4) is 11.5 Å². The third-order valence-electron chi connectivity index (χ3n) is 4.30. The smallest absolute Gasteiger partial charge is 0.449 e. The number of nitrogens with one attached hydrogen (secondary N) is 1. The second-order valence-electron chi connectivity index (χ2n) is 6.27. The fraction of sp³-hybridized carbons (Fsp3) is 0.263. The number of aromatic nitrogens is 2. The molecule has 146 valence electrons. The molecule has 3 aromatic rings. The minimum Gasteiger partial charge on any atom is -0.486 e. The molecule has 9 heteroatoms. The highest BCUT2D eigenvalue weighted by Crippen LogP contribution is 2.37. The minimum absolute atomic E-state index is 0.0902. The first kappa shape index (κ1) is 18.1. The van der Waals surface area contributed by atoms with Crippen LogP contribution in [-0.2, 0) is 24.1 Å². The van der Waals surface area contributed by atoms with Crippen LogP contribution in [0.2, 0.25) is 0 Å². The first-order valence-corrected chi connectivity index (χ1v) is 8.59. The molecule has 1 aliphatic rings. The summed E-state index contributed by atoms with van der Waals surface area (Å²) < 4.78 is 52.2. The Morgan fingerprint density at radius 2 is 1.79 bits per heavy atom. The predicted octanol–water partition coefficient (Wildman–Crippen LogP) is 3.14. The molecule has 6 nitrogen and oxygen atoms in total. The van der Waals surface area contributed by atoms with Gasteiger partial charge in [-0.1, -0.05) is 30.3 Å². The van der Waals surface area contributed by atoms with Crippen LogP contribution in [-0.4, -0.2) is 28.7 Å². The summed E-state index contributed by atoms with van der Waals surface area (Å²) in [6.07, 6.45) is -4.71. The van der Waals surface area contributed by atoms with Gasteiger partial charge in [-0.3, -0.25) is 4.79 Å². The van der Waals surface area contributed by atoms with E-state index >= 15 is 0 Å². The molecule has 1 N–H and O–H groups in total. The molecule has 2 aromatic carbocycles. The largest absolute Gasteiger partial charge is 0.486 e. The number of rotatable bonds is 4. The molecule has 0 spiro atoms. The number of hydrogen-bond acceptors (Lipinski definition) is 4. The highest BCUT2D eigenvalue weighted by Gasteiger charge is 2.38. The number of amides is 1. The number of carbonyl (C=O) groups is 1. The lowest BCUT2D eigenvalue weighted by Crippen LogP contribution is -2.29. The molecule has 1 aliphatic heterocycles. The Bertz CT molecular complexity index is 1020. The number of hydrogen-bond donors (Lipinski definition) is 1. The molecule has 1 amide bonds. The van der Waals surface area contributed by atoms with Gasteiger partial charge in [-0.05, 0) is 5.56 Å². The average molecular weight is 391 g/mol. The number of ether oxygens (including phenoxy) is 2. The van der Waals surface area contributed by atoms with Crippen LogP contribution in [0.15, 0.2) is 42.5 Å². The van der Waals surface area contributed by atoms with Crippen LogP contribution in [0.3, 0.4) is 0 Å². The van der Waals surface area contributed by atoms with E-state index in [2.05, 4.69) is 10.3 Å². The van der Waals surface area contributed by atoms with Crippen molar-refractivity contribution in [2.45, 2.75) is 19.3 Å². The van der Waals surface area contributed by atoms with Crippen LogP contribution in [0.5, 0.6) is 11.5 Å². The summed E-state index contributed by atoms with van der Waals surface area (Å²) in [6, 6.07) is 11.9. The number of nitrogens with zero attached hydrogens (tertiary/aromatic N) is 2. The molecule has 0 atom stereocenters. The standard InChI is InChI=1S/C19H16F3N3O3/c20-19(21,22)18-24-13-8-15-16(28-7-6-27-15)9-14(13)25(18)11-17(26)23-10-12-4-2-1-3-5-12/h1-5,8-9H,6-7,10-11H2,(H,23,26). The van der Waals surface area contributed by atoms with E-state index in [0.29, 0.717) is 24.7 Å². The fourth-order valence-corrected chi connectivity index (χ4v) is 3.03. The number of imidazole rings is 1. The zero-order valence-corrected chi connectivity index (χ0v) is 14.6. The quantitative estimate of drug-likeness (QED) is 0.742. The topological polar surface area (TPSA) is 65.4 Å². The van der Waals surface area contributed by atoms with E-state index in [4.69, 9.17) is 9.47 Å². The summed E-state index contributed by atoms with van der Waals surface area (Å²) in [5, 5.41) is 2.63. The van der Waals surface area contributed by atoms with Crippen LogP contribution in [0.1, 0.15) is 11.4 Å². The lowest BCUT2D eigenvalue weighted by molar-refractivity contribution is -0.147. The van der Waals surface area contributed by atoms with Crippen molar-refractivity contribution in [3.05, 3.63) is 53.9 Å². The molecule has 0 unspecified atom stereocenters. The summed E-state index contributed by atoms with van der Waals surface area (Å²) in [5.41, 5.74) is 1.10. The molecule has 0 saturated heterocycles. The molecule has 0 saturated carbocycles. The number of carbonyl (C=O) groups excluding carboxylic acids is 1. The average Bonchev–Trinajstić information content (AvgIpc) is 3.03. The molecule has 1 aromatic heterocycles. The number of halogens is 3. The zero-order valence-electron chi connectivity index (χ0n) is 14.6. The minimum atomic E-state index is -4.71. The van der Waals surface area contributed by atoms with E-state index in [1.54, 1.807) is 0 Å². The maximum absolute atomic E-state index is 13.5. The van der Waals surface area contributed by atoms with Crippen LogP contribution < -0.4 is 14.8 Å². The van der Waals surface area contributed by atoms with Gasteiger partial charge in [0.15, 0.2) is 11.5 Å². The Labute approximate surface area is 157 Å². The number of alkyl halides is 3. The molecule has 0 fully saturated rings. The fourth-order valence-electron chi connectivity index (χ4n) is 3.03. The van der Waals surface area contributed by atoms with Crippen LogP contribution >= 0.6 is 0 Å². The first-order valence-electron chi connectivity index (χ1n) is 8.59. The third-order valence-corrected chi connectivity index (χ3v) is 4.30. The highest BCUT2D eigenvalue weighted by molar-refractivity contribution is 5.84. The van der Waals surface area contributed by atoms with Crippen LogP contribution in [0.25, 0.3) is 11.0 Å². The molecular formula is C19H16F3N3O3. The molecular weight excluding hydrogens is 375 g/mol. The van der Waals surface area contributed by atoms with Gasteiger partial charge in [-0.15, -0.1) is 0 Å². The Morgan fingerprint density at radius 1 is 1.11 bits per heavy atom. The van der Waals surface area contributed by atoms with Gasteiger partial charge >= 0.3 is 6.18 Å². The van der Waals surface area contributed by atoms with E-state index in [1.165, 1.54) is 12.1 Å². The summed E-state index contributed by atoms with van der Waals surface area (Å²) >= 11 is 0. The molecule has 2 heterocycles. The Morgan fingerprint density at radius 3 is 2.46 bits per heavy atom. The third kappa shape index (κ3) is 3.60. The summed E-state index contributed by atoms with van der Waals surface area (Å²) in [7, 11) is 0. The highest BCUT2D eigenvalue weighted by atomic mass is 19.4. The van der Waals surface area contributed by atoms with Gasteiger partial charge in [0.25, 0.3) is 0 Å². The van der Waals surface area contributed by atoms with Crippen molar-refractivity contribution in [2.24, 2.45) is 0 Å². The predicted molar refractivity (Wildman–Crippen MR) is 94.0 cm³/mol. The maximum Gasteiger partial charge on any atom is 0.449 e. The van der Waals surface area contributed by atoms with Gasteiger partial charge in [-0.2, -0.15) is 13.2 Å². The van der Waals surface area contributed by atoms with Gasteiger partial charge < -0.3 is 19.4 Å². The van der Waals surface area contributed by atoms with Gasteiger partial charge in [-0.25, -0.2) is 4.98 Å². The summed E-state index contributed by atoms with van der Waals surface area (Å²) in [4.78, 5) is 16.0. The van der Waals surface area contributed by atoms with Gasteiger partial charge in [0, 0.05) is 18.7 Å². The first-order chi connectivity index (χ1) is 13.4. The van der Waals surface area contributed by atoms with E-state index in [1.807, 2.05) is 30.3 Å². The van der Waals surface area contributed by atoms with Gasteiger partial charge in [0.2, 0.25) is 11.7 Å². The second-order valence-corrected chi connectivity index (χ2v) is 6.27. The second kappa shape index (κ2) is 7.06. The Balaban J connectivity index is 1.65. The molecule has 0 aliphatic carbocycles. The van der Waals surface area contributed by atoms with Crippen LogP contribution in [0, 0.1) is 0 Å². The summed E-state index contributed by atoms with van der Waals surface area (Å²) in [5.74, 6) is -1.02. The van der Waals surface area contributed by atoms with Gasteiger partial charge in [0.05, 0.1) is 11.0 Å².